The molecule has 0 saturated heterocycles. The quantitative estimate of drug-likeness (QED) is 0.159. The van der Waals surface area contributed by atoms with E-state index in [1.807, 2.05) is 6.07 Å². The molecule has 1 heterocycles. The van der Waals surface area contributed by atoms with Gasteiger partial charge in [0.2, 0.25) is 0 Å². The average Bonchev–Trinajstić information content (AvgIpc) is 3.88. The second kappa shape index (κ2) is 15.4. The van der Waals surface area contributed by atoms with Crippen LogP contribution in [0.4, 0.5) is 17.1 Å². The molecule has 10 aromatic carbocycles. The number of fused-ring (bicyclic) bond motifs is 7. The van der Waals surface area contributed by atoms with Crippen LogP contribution in [0.5, 0.6) is 0 Å². The summed E-state index contributed by atoms with van der Waals surface area (Å²) in [6, 6.07) is 82.5. The molecular weight excluding hydrogens is 799 g/mol. The summed E-state index contributed by atoms with van der Waals surface area (Å²) >= 11 is 0. The fraction of sp³-hybridized carbons (Fsp3) is 0.0938. The first kappa shape index (κ1) is 39.6. The van der Waals surface area contributed by atoms with E-state index in [-0.39, 0.29) is 5.41 Å². The summed E-state index contributed by atoms with van der Waals surface area (Å²) in [4.78, 5) is 2.42. The first-order chi connectivity index (χ1) is 32.3. The maximum Gasteiger partial charge on any atom is 0.143 e. The Hall–Kier alpha value is -7.94. The first-order valence-electron chi connectivity index (χ1n) is 23.1. The number of rotatable bonds is 7. The molecule has 0 atom stereocenters. The molecule has 0 spiro atoms. The number of benzene rings is 10. The molecule has 0 N–H and O–H groups in total. The Balaban J connectivity index is 1.07. The predicted octanol–water partition coefficient (Wildman–Crippen LogP) is 17.5. The summed E-state index contributed by atoms with van der Waals surface area (Å²) in [6.45, 7) is 9.33. The fourth-order valence-electron chi connectivity index (χ4n) is 11.0. The number of furan rings is 1. The summed E-state index contributed by atoms with van der Waals surface area (Å²) in [5, 5.41) is 4.76. The van der Waals surface area contributed by atoms with Crippen molar-refractivity contribution in [1.82, 2.24) is 0 Å². The molecule has 0 aliphatic heterocycles. The highest BCUT2D eigenvalue weighted by Gasteiger charge is 2.49. The zero-order valence-electron chi connectivity index (χ0n) is 37.7. The van der Waals surface area contributed by atoms with E-state index >= 15 is 0 Å². The molecule has 12 rings (SSSR count). The van der Waals surface area contributed by atoms with E-state index in [1.165, 1.54) is 66.4 Å². The molecule has 11 aromatic rings. The van der Waals surface area contributed by atoms with Gasteiger partial charge < -0.3 is 9.32 Å². The summed E-state index contributed by atoms with van der Waals surface area (Å²) in [5.41, 5.74) is 19.5. The van der Waals surface area contributed by atoms with Crippen LogP contribution < -0.4 is 4.90 Å². The van der Waals surface area contributed by atoms with Crippen molar-refractivity contribution in [3.05, 3.63) is 258 Å². The van der Waals surface area contributed by atoms with Gasteiger partial charge >= 0.3 is 0 Å². The molecule has 1 aliphatic rings. The Morgan fingerprint density at radius 3 is 1.65 bits per heavy atom. The number of aryl methyl sites for hydroxylation is 1. The van der Waals surface area contributed by atoms with Crippen molar-refractivity contribution >= 4 is 49.8 Å². The summed E-state index contributed by atoms with van der Waals surface area (Å²) in [6.07, 6.45) is 0. The van der Waals surface area contributed by atoms with Gasteiger partial charge in [0.15, 0.2) is 0 Å². The minimum absolute atomic E-state index is 0.109. The van der Waals surface area contributed by atoms with Gasteiger partial charge in [0.1, 0.15) is 11.2 Å². The van der Waals surface area contributed by atoms with E-state index in [0.717, 1.165) is 50.1 Å². The normalized spacial score (nSPS) is 13.0. The summed E-state index contributed by atoms with van der Waals surface area (Å²) in [5.74, 6) is 0. The Labute approximate surface area is 387 Å². The van der Waals surface area contributed by atoms with Gasteiger partial charge in [-0.15, -0.1) is 0 Å². The van der Waals surface area contributed by atoms with E-state index in [0.29, 0.717) is 0 Å². The van der Waals surface area contributed by atoms with Crippen molar-refractivity contribution in [3.63, 3.8) is 0 Å². The SMILES string of the molecule is Cc1cc2c(c(C(C)(C)C)c1)C(c1ccccc1)(c1ccccc1)c1ccc(N(c3ccc(-c4cccc5ccccc45)cc3)c3ccc(-c4cccc5c4oc4ccccc45)cc3)cc1-2. The maximum absolute atomic E-state index is 6.51. The van der Waals surface area contributed by atoms with Crippen LogP contribution in [0.1, 0.15) is 54.2 Å². The van der Waals surface area contributed by atoms with Crippen LogP contribution in [0, 0.1) is 6.92 Å². The molecule has 1 aromatic heterocycles. The molecule has 1 aliphatic carbocycles. The van der Waals surface area contributed by atoms with Crippen LogP contribution in [0.25, 0.3) is 66.1 Å². The standard InChI is InChI=1S/C64H49NO/c1-42-39-57-56-41-50(37-38-58(56)64(46-19-7-5-8-20-46,47-21-9-6-10-22-47)61(57)59(40-42)63(2,3)4)65(48-33-29-44(30-34-48)52-25-15-18-43-17-11-12-23-51(43)52)49-35-31-45(32-36-49)53-26-16-27-55-54-24-13-14-28-60(54)66-62(53)55/h5-41H,1-4H3. The lowest BCUT2D eigenvalue weighted by atomic mass is 9.64. The van der Waals surface area contributed by atoms with Gasteiger partial charge in [0.05, 0.1) is 5.41 Å². The molecule has 316 valence electrons. The largest absolute Gasteiger partial charge is 0.455 e. The highest BCUT2D eigenvalue weighted by atomic mass is 16.3. The van der Waals surface area contributed by atoms with Gasteiger partial charge in [-0.1, -0.05) is 208 Å². The Bertz CT molecular complexity index is 3570. The fourth-order valence-corrected chi connectivity index (χ4v) is 11.0. The molecule has 2 heteroatoms. The molecule has 66 heavy (non-hydrogen) atoms. The highest BCUT2D eigenvalue weighted by Crippen LogP contribution is 2.60. The number of para-hydroxylation sites is 2. The van der Waals surface area contributed by atoms with Crippen molar-refractivity contribution in [2.45, 2.75) is 38.5 Å². The van der Waals surface area contributed by atoms with E-state index in [2.05, 4.69) is 251 Å². The average molecular weight is 848 g/mol. The van der Waals surface area contributed by atoms with E-state index in [1.54, 1.807) is 0 Å². The van der Waals surface area contributed by atoms with Crippen LogP contribution >= 0.6 is 0 Å². The molecule has 0 saturated carbocycles. The van der Waals surface area contributed by atoms with Gasteiger partial charge in [0, 0.05) is 33.4 Å². The van der Waals surface area contributed by atoms with Gasteiger partial charge in [-0.2, -0.15) is 0 Å². The predicted molar refractivity (Wildman–Crippen MR) is 278 cm³/mol. The zero-order chi connectivity index (χ0) is 44.6. The van der Waals surface area contributed by atoms with Crippen LogP contribution in [0.2, 0.25) is 0 Å². The molecule has 0 amide bonds. The van der Waals surface area contributed by atoms with Crippen LogP contribution in [-0.4, -0.2) is 0 Å². The first-order valence-corrected chi connectivity index (χ1v) is 23.1. The lowest BCUT2D eigenvalue weighted by Crippen LogP contribution is -2.32. The lowest BCUT2D eigenvalue weighted by molar-refractivity contribution is 0.572. The van der Waals surface area contributed by atoms with E-state index in [9.17, 15) is 0 Å². The number of hydrogen-bond acceptors (Lipinski definition) is 2. The summed E-state index contributed by atoms with van der Waals surface area (Å²) < 4.78 is 6.51. The van der Waals surface area contributed by atoms with Gasteiger partial charge in [-0.05, 0) is 121 Å². The molecule has 0 fully saturated rings. The van der Waals surface area contributed by atoms with Crippen LogP contribution in [0.15, 0.2) is 229 Å². The van der Waals surface area contributed by atoms with Crippen molar-refractivity contribution in [2.75, 3.05) is 4.90 Å². The third-order valence-electron chi connectivity index (χ3n) is 13.9. The molecule has 0 bridgehead atoms. The van der Waals surface area contributed by atoms with Crippen molar-refractivity contribution < 1.29 is 4.42 Å². The van der Waals surface area contributed by atoms with E-state index in [4.69, 9.17) is 4.42 Å². The third kappa shape index (κ3) is 6.24. The second-order valence-electron chi connectivity index (χ2n) is 18.9. The van der Waals surface area contributed by atoms with Crippen molar-refractivity contribution in [3.8, 4) is 33.4 Å². The summed E-state index contributed by atoms with van der Waals surface area (Å²) in [7, 11) is 0. The second-order valence-corrected chi connectivity index (χ2v) is 18.9. The number of hydrogen-bond donors (Lipinski definition) is 0. The lowest BCUT2D eigenvalue weighted by Gasteiger charge is -2.38. The molecular formula is C64H49NO. The van der Waals surface area contributed by atoms with Crippen molar-refractivity contribution in [1.29, 1.82) is 0 Å². The van der Waals surface area contributed by atoms with Gasteiger partial charge in [-0.3, -0.25) is 0 Å². The smallest absolute Gasteiger partial charge is 0.143 e. The molecule has 0 unspecified atom stereocenters. The minimum Gasteiger partial charge on any atom is -0.455 e. The van der Waals surface area contributed by atoms with E-state index < -0.39 is 5.41 Å². The molecule has 2 nitrogen and oxygen atoms in total. The molecule has 0 radical (unpaired) electrons. The van der Waals surface area contributed by atoms with Crippen LogP contribution in [-0.2, 0) is 10.8 Å². The van der Waals surface area contributed by atoms with Crippen LogP contribution in [0.3, 0.4) is 0 Å². The van der Waals surface area contributed by atoms with Gasteiger partial charge in [0.25, 0.3) is 0 Å². The Morgan fingerprint density at radius 1 is 0.424 bits per heavy atom. The number of nitrogens with zero attached hydrogens (tertiary/aromatic N) is 1. The Morgan fingerprint density at radius 2 is 0.970 bits per heavy atom. The Kier molecular flexibility index (Phi) is 9.22. The highest BCUT2D eigenvalue weighted by molar-refractivity contribution is 6.09. The van der Waals surface area contributed by atoms with Gasteiger partial charge in [-0.25, -0.2) is 0 Å². The maximum atomic E-state index is 6.51. The zero-order valence-corrected chi connectivity index (χ0v) is 37.7. The monoisotopic (exact) mass is 847 g/mol. The number of anilines is 3. The topological polar surface area (TPSA) is 16.4 Å². The van der Waals surface area contributed by atoms with Crippen molar-refractivity contribution in [2.24, 2.45) is 0 Å². The minimum atomic E-state index is -0.522. The third-order valence-corrected chi connectivity index (χ3v) is 13.9.